The van der Waals surface area contributed by atoms with E-state index in [-0.39, 0.29) is 11.9 Å². The Balaban J connectivity index is 1.86. The zero-order valence-electron chi connectivity index (χ0n) is 13.2. The Morgan fingerprint density at radius 1 is 1.26 bits per heavy atom. The Hall–Kier alpha value is -1.83. The number of piperazine rings is 1. The third-order valence-electron chi connectivity index (χ3n) is 3.59. The van der Waals surface area contributed by atoms with E-state index in [1.165, 1.54) is 6.07 Å². The first-order valence-electron chi connectivity index (χ1n) is 7.55. The van der Waals surface area contributed by atoms with Gasteiger partial charge in [0.05, 0.1) is 12.1 Å². The Kier molecular flexibility index (Phi) is 5.46. The Labute approximate surface area is 133 Å². The molecule has 1 aromatic rings. The van der Waals surface area contributed by atoms with Gasteiger partial charge in [-0.1, -0.05) is 0 Å². The van der Waals surface area contributed by atoms with Crippen molar-refractivity contribution in [2.45, 2.75) is 26.1 Å². The monoisotopic (exact) mass is 330 g/mol. The van der Waals surface area contributed by atoms with Crippen LogP contribution in [0.5, 0.6) is 0 Å². The van der Waals surface area contributed by atoms with E-state index < -0.39 is 11.7 Å². The minimum absolute atomic E-state index is 0.0129. The fraction of sp³-hybridized carbons (Fsp3) is 0.600. The highest BCUT2D eigenvalue weighted by molar-refractivity contribution is 5.78. The molecule has 1 aromatic heterocycles. The molecule has 0 aromatic carbocycles. The number of nitrogens with one attached hydrogen (secondary N) is 1. The van der Waals surface area contributed by atoms with Crippen LogP contribution in [0.1, 0.15) is 19.4 Å². The lowest BCUT2D eigenvalue weighted by atomic mass is 10.2. The number of alkyl halides is 3. The van der Waals surface area contributed by atoms with Crippen molar-refractivity contribution in [3.63, 3.8) is 0 Å². The molecule has 1 saturated heterocycles. The van der Waals surface area contributed by atoms with Gasteiger partial charge in [-0.2, -0.15) is 13.2 Å². The van der Waals surface area contributed by atoms with Crippen molar-refractivity contribution < 1.29 is 18.0 Å². The van der Waals surface area contributed by atoms with Gasteiger partial charge < -0.3 is 10.2 Å². The van der Waals surface area contributed by atoms with Gasteiger partial charge in [-0.3, -0.25) is 9.69 Å². The number of hydrogen-bond acceptors (Lipinski definition) is 4. The van der Waals surface area contributed by atoms with Crippen LogP contribution in [0, 0.1) is 0 Å². The van der Waals surface area contributed by atoms with Gasteiger partial charge in [-0.15, -0.1) is 0 Å². The van der Waals surface area contributed by atoms with Crippen molar-refractivity contribution in [3.8, 4) is 0 Å². The summed E-state index contributed by atoms with van der Waals surface area (Å²) < 4.78 is 37.6. The van der Waals surface area contributed by atoms with E-state index in [9.17, 15) is 18.0 Å². The van der Waals surface area contributed by atoms with E-state index in [2.05, 4.69) is 10.3 Å². The van der Waals surface area contributed by atoms with E-state index in [4.69, 9.17) is 0 Å². The number of carbonyl (C=O) groups is 1. The quantitative estimate of drug-likeness (QED) is 0.914. The summed E-state index contributed by atoms with van der Waals surface area (Å²) in [5, 5.41) is 2.84. The summed E-state index contributed by atoms with van der Waals surface area (Å²) in [6.07, 6.45) is -3.51. The van der Waals surface area contributed by atoms with Crippen LogP contribution >= 0.6 is 0 Å². The van der Waals surface area contributed by atoms with Gasteiger partial charge in [0, 0.05) is 38.4 Å². The zero-order chi connectivity index (χ0) is 17.0. The highest BCUT2D eigenvalue weighted by atomic mass is 19.4. The summed E-state index contributed by atoms with van der Waals surface area (Å²) in [7, 11) is 0. The molecule has 5 nitrogen and oxygen atoms in total. The molecule has 0 saturated carbocycles. The molecule has 0 atom stereocenters. The summed E-state index contributed by atoms with van der Waals surface area (Å²) in [6, 6.07) is 2.55. The number of aromatic nitrogens is 1. The average molecular weight is 330 g/mol. The molecular weight excluding hydrogens is 309 g/mol. The summed E-state index contributed by atoms with van der Waals surface area (Å²) in [6.45, 7) is 6.77. The van der Waals surface area contributed by atoms with Crippen LogP contribution in [0.4, 0.5) is 19.0 Å². The standard InChI is InChI=1S/C15H21F3N4O/c1-11(2)20-14(23)10-21-5-7-22(8-6-21)13-4-3-12(9-19-13)15(16,17)18/h3-4,9,11H,5-8,10H2,1-2H3,(H,20,23). The van der Waals surface area contributed by atoms with Crippen molar-refractivity contribution in [3.05, 3.63) is 23.9 Å². The summed E-state index contributed by atoms with van der Waals surface area (Å²) >= 11 is 0. The molecule has 2 rings (SSSR count). The molecule has 1 N–H and O–H groups in total. The van der Waals surface area contributed by atoms with E-state index >= 15 is 0 Å². The second kappa shape index (κ2) is 7.16. The van der Waals surface area contributed by atoms with Crippen molar-refractivity contribution in [1.82, 2.24) is 15.2 Å². The van der Waals surface area contributed by atoms with Crippen molar-refractivity contribution in [1.29, 1.82) is 0 Å². The molecule has 0 bridgehead atoms. The minimum Gasteiger partial charge on any atom is -0.354 e. The number of amides is 1. The number of halogens is 3. The highest BCUT2D eigenvalue weighted by Crippen LogP contribution is 2.29. The van der Waals surface area contributed by atoms with Crippen LogP contribution in [0.15, 0.2) is 18.3 Å². The molecule has 8 heteroatoms. The van der Waals surface area contributed by atoms with Crippen LogP contribution in [0.2, 0.25) is 0 Å². The molecule has 0 aliphatic carbocycles. The molecule has 1 aliphatic rings. The summed E-state index contributed by atoms with van der Waals surface area (Å²) in [5.74, 6) is 0.519. The molecule has 0 spiro atoms. The Bertz CT molecular complexity index is 523. The molecule has 1 aliphatic heterocycles. The first-order valence-corrected chi connectivity index (χ1v) is 7.55. The maximum Gasteiger partial charge on any atom is 0.417 e. The zero-order valence-corrected chi connectivity index (χ0v) is 13.2. The fourth-order valence-electron chi connectivity index (χ4n) is 2.45. The lowest BCUT2D eigenvalue weighted by Crippen LogP contribution is -2.50. The van der Waals surface area contributed by atoms with Crippen LogP contribution in [-0.4, -0.2) is 54.6 Å². The maximum atomic E-state index is 12.5. The Morgan fingerprint density at radius 3 is 2.39 bits per heavy atom. The van der Waals surface area contributed by atoms with E-state index in [1.807, 2.05) is 23.6 Å². The van der Waals surface area contributed by atoms with Crippen LogP contribution < -0.4 is 10.2 Å². The number of carbonyl (C=O) groups excluding carboxylic acids is 1. The second-order valence-corrected chi connectivity index (χ2v) is 5.89. The number of hydrogen-bond donors (Lipinski definition) is 1. The lowest BCUT2D eigenvalue weighted by Gasteiger charge is -2.35. The molecule has 128 valence electrons. The van der Waals surface area contributed by atoms with Gasteiger partial charge >= 0.3 is 6.18 Å². The highest BCUT2D eigenvalue weighted by Gasteiger charge is 2.31. The third kappa shape index (κ3) is 5.09. The molecule has 23 heavy (non-hydrogen) atoms. The largest absolute Gasteiger partial charge is 0.417 e. The number of nitrogens with zero attached hydrogens (tertiary/aromatic N) is 3. The molecular formula is C15H21F3N4O. The fourth-order valence-corrected chi connectivity index (χ4v) is 2.45. The minimum atomic E-state index is -4.37. The first kappa shape index (κ1) is 17.5. The molecule has 1 amide bonds. The van der Waals surface area contributed by atoms with Crippen LogP contribution in [-0.2, 0) is 11.0 Å². The second-order valence-electron chi connectivity index (χ2n) is 5.89. The van der Waals surface area contributed by atoms with E-state index in [0.717, 1.165) is 12.3 Å². The molecule has 2 heterocycles. The van der Waals surface area contributed by atoms with E-state index in [1.54, 1.807) is 0 Å². The van der Waals surface area contributed by atoms with Gasteiger partial charge in [0.25, 0.3) is 0 Å². The normalized spacial score (nSPS) is 16.7. The van der Waals surface area contributed by atoms with Crippen LogP contribution in [0.3, 0.4) is 0 Å². The SMILES string of the molecule is CC(C)NC(=O)CN1CCN(c2ccc(C(F)(F)F)cn2)CC1. The van der Waals surface area contributed by atoms with Crippen molar-refractivity contribution in [2.24, 2.45) is 0 Å². The van der Waals surface area contributed by atoms with Crippen molar-refractivity contribution in [2.75, 3.05) is 37.6 Å². The van der Waals surface area contributed by atoms with E-state index in [0.29, 0.717) is 38.5 Å². The lowest BCUT2D eigenvalue weighted by molar-refractivity contribution is -0.137. The summed E-state index contributed by atoms with van der Waals surface area (Å²) in [4.78, 5) is 19.6. The predicted octanol–water partition coefficient (Wildman–Crippen LogP) is 1.75. The first-order chi connectivity index (χ1) is 10.8. The number of rotatable bonds is 4. The molecule has 0 radical (unpaired) electrons. The van der Waals surface area contributed by atoms with Crippen molar-refractivity contribution >= 4 is 11.7 Å². The van der Waals surface area contributed by atoms with Gasteiger partial charge in [-0.05, 0) is 26.0 Å². The van der Waals surface area contributed by atoms with Gasteiger partial charge in [0.1, 0.15) is 5.82 Å². The van der Waals surface area contributed by atoms with Gasteiger partial charge in [0.2, 0.25) is 5.91 Å². The number of pyridine rings is 1. The third-order valence-corrected chi connectivity index (χ3v) is 3.59. The smallest absolute Gasteiger partial charge is 0.354 e. The maximum absolute atomic E-state index is 12.5. The molecule has 1 fully saturated rings. The summed E-state index contributed by atoms with van der Waals surface area (Å²) in [5.41, 5.74) is -0.745. The van der Waals surface area contributed by atoms with Gasteiger partial charge in [-0.25, -0.2) is 4.98 Å². The number of anilines is 1. The average Bonchev–Trinajstić information content (AvgIpc) is 2.46. The topological polar surface area (TPSA) is 48.5 Å². The molecule has 0 unspecified atom stereocenters. The Morgan fingerprint density at radius 2 is 1.91 bits per heavy atom. The van der Waals surface area contributed by atoms with Crippen LogP contribution in [0.25, 0.3) is 0 Å². The van der Waals surface area contributed by atoms with Gasteiger partial charge in [0.15, 0.2) is 0 Å². The predicted molar refractivity (Wildman–Crippen MR) is 81.2 cm³/mol.